The largest absolute Gasteiger partial charge is 0.293 e. The van der Waals surface area contributed by atoms with Crippen LogP contribution in [-0.4, -0.2) is 21.7 Å². The molecule has 17 heavy (non-hydrogen) atoms. The van der Waals surface area contributed by atoms with E-state index in [1.807, 2.05) is 18.4 Å². The van der Waals surface area contributed by atoms with Crippen LogP contribution in [-0.2, 0) is 4.79 Å². The summed E-state index contributed by atoms with van der Waals surface area (Å²) < 4.78 is 0.678. The van der Waals surface area contributed by atoms with Gasteiger partial charge in [-0.1, -0.05) is 30.9 Å². The molecule has 1 aliphatic rings. The fraction of sp³-hybridized carbons (Fsp3) is 0.333. The van der Waals surface area contributed by atoms with E-state index in [1.165, 1.54) is 17.3 Å². The van der Waals surface area contributed by atoms with Crippen LogP contribution in [0.15, 0.2) is 16.4 Å². The normalized spacial score (nSPS) is 18.5. The monoisotopic (exact) mass is 283 g/mol. The Labute approximate surface area is 115 Å². The maximum atomic E-state index is 12.1. The highest BCUT2D eigenvalue weighted by Crippen LogP contribution is 2.33. The van der Waals surface area contributed by atoms with E-state index in [4.69, 9.17) is 12.2 Å². The summed E-state index contributed by atoms with van der Waals surface area (Å²) in [6.07, 6.45) is 2.88. The van der Waals surface area contributed by atoms with Gasteiger partial charge in [-0.05, 0) is 36.4 Å². The standard InChI is InChI=1S/C12H13NOS3/c1-3-5-13-11(14)10(17-12(13)15)7-9-8(2)4-6-16-9/h4,6-7H,3,5H2,1-2H3/b10-7+. The molecule has 0 radical (unpaired) electrons. The minimum absolute atomic E-state index is 0.0506. The first-order valence-corrected chi connectivity index (χ1v) is 7.53. The SMILES string of the molecule is CCCN1C(=O)/C(=C\c2sccc2C)SC1=S. The molecule has 1 amide bonds. The Bertz CT molecular complexity index is 490. The Kier molecular flexibility index (Phi) is 4.01. The van der Waals surface area contributed by atoms with Crippen molar-refractivity contribution in [2.45, 2.75) is 20.3 Å². The summed E-state index contributed by atoms with van der Waals surface area (Å²) in [5.41, 5.74) is 1.20. The highest BCUT2D eigenvalue weighted by molar-refractivity contribution is 8.26. The van der Waals surface area contributed by atoms with Gasteiger partial charge < -0.3 is 0 Å². The van der Waals surface area contributed by atoms with Gasteiger partial charge >= 0.3 is 0 Å². The summed E-state index contributed by atoms with van der Waals surface area (Å²) in [4.78, 5) is 15.7. The van der Waals surface area contributed by atoms with Crippen LogP contribution in [0.5, 0.6) is 0 Å². The number of thiophene rings is 1. The van der Waals surface area contributed by atoms with E-state index in [1.54, 1.807) is 16.2 Å². The molecule has 2 nitrogen and oxygen atoms in total. The molecule has 5 heteroatoms. The average Bonchev–Trinajstić information content (AvgIpc) is 2.79. The van der Waals surface area contributed by atoms with Gasteiger partial charge in [-0.25, -0.2) is 0 Å². The third-order valence-electron chi connectivity index (χ3n) is 2.48. The van der Waals surface area contributed by atoms with Crippen molar-refractivity contribution < 1.29 is 4.79 Å². The number of carbonyl (C=O) groups excluding carboxylic acids is 1. The summed E-state index contributed by atoms with van der Waals surface area (Å²) in [5.74, 6) is 0.0506. The van der Waals surface area contributed by atoms with Gasteiger partial charge in [0.05, 0.1) is 4.91 Å². The van der Waals surface area contributed by atoms with E-state index in [0.717, 1.165) is 16.2 Å². The Balaban J connectivity index is 2.25. The number of rotatable bonds is 3. The molecule has 0 spiro atoms. The second-order valence-electron chi connectivity index (χ2n) is 3.80. The number of hydrogen-bond donors (Lipinski definition) is 0. The quantitative estimate of drug-likeness (QED) is 0.623. The van der Waals surface area contributed by atoms with Crippen LogP contribution in [0.4, 0.5) is 0 Å². The first-order valence-electron chi connectivity index (χ1n) is 5.43. The summed E-state index contributed by atoms with van der Waals surface area (Å²) in [6, 6.07) is 2.06. The first-order chi connectivity index (χ1) is 8.13. The molecule has 0 atom stereocenters. The van der Waals surface area contributed by atoms with Gasteiger partial charge in [0.2, 0.25) is 0 Å². The maximum Gasteiger partial charge on any atom is 0.266 e. The lowest BCUT2D eigenvalue weighted by molar-refractivity contribution is -0.122. The molecule has 0 aliphatic carbocycles. The summed E-state index contributed by atoms with van der Waals surface area (Å²) in [7, 11) is 0. The maximum absolute atomic E-state index is 12.1. The van der Waals surface area contributed by atoms with E-state index in [-0.39, 0.29) is 5.91 Å². The molecule has 0 saturated carbocycles. The minimum atomic E-state index is 0.0506. The summed E-state index contributed by atoms with van der Waals surface area (Å²) in [6.45, 7) is 4.81. The number of thiocarbonyl (C=S) groups is 1. The van der Waals surface area contributed by atoms with Crippen molar-refractivity contribution in [1.29, 1.82) is 0 Å². The molecule has 0 unspecified atom stereocenters. The van der Waals surface area contributed by atoms with Gasteiger partial charge in [-0.2, -0.15) is 0 Å². The van der Waals surface area contributed by atoms with Crippen LogP contribution >= 0.6 is 35.3 Å². The smallest absolute Gasteiger partial charge is 0.266 e. The second kappa shape index (κ2) is 5.33. The van der Waals surface area contributed by atoms with E-state index in [2.05, 4.69) is 13.0 Å². The summed E-state index contributed by atoms with van der Waals surface area (Å²) >= 11 is 8.27. The van der Waals surface area contributed by atoms with Crippen LogP contribution in [0.1, 0.15) is 23.8 Å². The zero-order chi connectivity index (χ0) is 12.4. The van der Waals surface area contributed by atoms with E-state index < -0.39 is 0 Å². The fourth-order valence-electron chi connectivity index (χ4n) is 1.57. The Morgan fingerprint density at radius 1 is 1.53 bits per heavy atom. The zero-order valence-corrected chi connectivity index (χ0v) is 12.2. The molecular weight excluding hydrogens is 270 g/mol. The number of thioether (sulfide) groups is 1. The molecule has 1 saturated heterocycles. The lowest BCUT2D eigenvalue weighted by atomic mass is 10.2. The van der Waals surface area contributed by atoms with E-state index >= 15 is 0 Å². The second-order valence-corrected chi connectivity index (χ2v) is 6.42. The predicted octanol–water partition coefficient (Wildman–Crippen LogP) is 3.67. The van der Waals surface area contributed by atoms with Crippen LogP contribution < -0.4 is 0 Å². The van der Waals surface area contributed by atoms with Crippen molar-refractivity contribution in [3.63, 3.8) is 0 Å². The topological polar surface area (TPSA) is 20.3 Å². The van der Waals surface area contributed by atoms with Crippen LogP contribution in [0.25, 0.3) is 6.08 Å². The van der Waals surface area contributed by atoms with E-state index in [0.29, 0.717) is 10.9 Å². The van der Waals surface area contributed by atoms with Crippen molar-refractivity contribution in [3.8, 4) is 0 Å². The molecule has 1 fully saturated rings. The number of hydrogen-bond acceptors (Lipinski definition) is 4. The zero-order valence-electron chi connectivity index (χ0n) is 9.73. The van der Waals surface area contributed by atoms with Gasteiger partial charge in [0, 0.05) is 11.4 Å². The molecule has 1 aliphatic heterocycles. The Morgan fingerprint density at radius 2 is 2.29 bits per heavy atom. The van der Waals surface area contributed by atoms with Crippen LogP contribution in [0, 0.1) is 6.92 Å². The predicted molar refractivity (Wildman–Crippen MR) is 79.2 cm³/mol. The molecule has 0 aromatic carbocycles. The molecular formula is C12H13NOS3. The van der Waals surface area contributed by atoms with Gasteiger partial charge in [-0.15, -0.1) is 11.3 Å². The molecule has 0 bridgehead atoms. The molecule has 90 valence electrons. The van der Waals surface area contributed by atoms with Crippen LogP contribution in [0.2, 0.25) is 0 Å². The molecule has 0 N–H and O–H groups in total. The Morgan fingerprint density at radius 3 is 2.88 bits per heavy atom. The highest BCUT2D eigenvalue weighted by atomic mass is 32.2. The van der Waals surface area contributed by atoms with Gasteiger partial charge in [0.25, 0.3) is 5.91 Å². The highest BCUT2D eigenvalue weighted by Gasteiger charge is 2.31. The summed E-state index contributed by atoms with van der Waals surface area (Å²) in [5, 5.41) is 2.04. The molecule has 2 heterocycles. The molecule has 1 aromatic heterocycles. The average molecular weight is 283 g/mol. The van der Waals surface area contributed by atoms with Crippen molar-refractivity contribution >= 4 is 51.6 Å². The van der Waals surface area contributed by atoms with Crippen molar-refractivity contribution in [3.05, 3.63) is 26.8 Å². The van der Waals surface area contributed by atoms with Crippen LogP contribution in [0.3, 0.4) is 0 Å². The molecule has 2 rings (SSSR count). The van der Waals surface area contributed by atoms with Gasteiger partial charge in [0.15, 0.2) is 0 Å². The van der Waals surface area contributed by atoms with Crippen molar-refractivity contribution in [2.24, 2.45) is 0 Å². The number of carbonyl (C=O) groups is 1. The number of nitrogens with zero attached hydrogens (tertiary/aromatic N) is 1. The van der Waals surface area contributed by atoms with Crippen molar-refractivity contribution in [2.75, 3.05) is 6.54 Å². The fourth-order valence-corrected chi connectivity index (χ4v) is 3.79. The lowest BCUT2D eigenvalue weighted by Gasteiger charge is -2.11. The van der Waals surface area contributed by atoms with Gasteiger partial charge in [0.1, 0.15) is 4.32 Å². The van der Waals surface area contributed by atoms with Crippen molar-refractivity contribution in [1.82, 2.24) is 4.90 Å². The van der Waals surface area contributed by atoms with Gasteiger partial charge in [-0.3, -0.25) is 9.69 Å². The number of aryl methyl sites for hydroxylation is 1. The lowest BCUT2D eigenvalue weighted by Crippen LogP contribution is -2.28. The third-order valence-corrected chi connectivity index (χ3v) is 4.83. The third kappa shape index (κ3) is 2.61. The first kappa shape index (κ1) is 12.8. The molecule has 1 aromatic rings. The number of amides is 1. The minimum Gasteiger partial charge on any atom is -0.293 e. The Hall–Kier alpha value is -0.650. The van der Waals surface area contributed by atoms with E-state index in [9.17, 15) is 4.79 Å².